The predicted octanol–water partition coefficient (Wildman–Crippen LogP) is 4.75. The average molecular weight is 326 g/mol. The fourth-order valence-corrected chi connectivity index (χ4v) is 7.28. The van der Waals surface area contributed by atoms with E-state index >= 15 is 0 Å². The molecule has 0 amide bonds. The molecule has 0 bridgehead atoms. The largest absolute Gasteiger partial charge is 0.300 e. The summed E-state index contributed by atoms with van der Waals surface area (Å²) in [5, 5.41) is 0. The van der Waals surface area contributed by atoms with Crippen molar-refractivity contribution in [2.24, 2.45) is 40.4 Å². The molecule has 0 saturated heterocycles. The molecule has 0 aromatic heterocycles. The number of carbonyl (C=O) groups is 2. The van der Waals surface area contributed by atoms with Crippen molar-refractivity contribution in [1.82, 2.24) is 0 Å². The Morgan fingerprint density at radius 3 is 2.62 bits per heavy atom. The summed E-state index contributed by atoms with van der Waals surface area (Å²) in [6, 6.07) is 0. The fraction of sp³-hybridized carbons (Fsp3) is 0.727. The van der Waals surface area contributed by atoms with Crippen molar-refractivity contribution in [3.8, 4) is 0 Å². The molecule has 24 heavy (non-hydrogen) atoms. The van der Waals surface area contributed by atoms with Gasteiger partial charge in [-0.2, -0.15) is 0 Å². The summed E-state index contributed by atoms with van der Waals surface area (Å²) in [6.07, 6.45) is 11.8. The average Bonchev–Trinajstić information content (AvgIpc) is 2.87. The normalized spacial score (nSPS) is 49.9. The van der Waals surface area contributed by atoms with E-state index in [-0.39, 0.29) is 22.5 Å². The third kappa shape index (κ3) is 2.01. The topological polar surface area (TPSA) is 34.1 Å². The van der Waals surface area contributed by atoms with Gasteiger partial charge in [0, 0.05) is 11.3 Å². The maximum atomic E-state index is 12.2. The lowest BCUT2D eigenvalue weighted by molar-refractivity contribution is -0.127. The maximum Gasteiger partial charge on any atom is 0.178 e. The van der Waals surface area contributed by atoms with E-state index in [1.807, 2.05) is 6.08 Å². The summed E-state index contributed by atoms with van der Waals surface area (Å²) in [5.74, 6) is 3.31. The summed E-state index contributed by atoms with van der Waals surface area (Å²) >= 11 is 0. The molecular weight excluding hydrogens is 296 g/mol. The molecule has 4 aliphatic carbocycles. The van der Waals surface area contributed by atoms with E-state index in [0.29, 0.717) is 29.5 Å². The lowest BCUT2D eigenvalue weighted by atomic mass is 9.46. The van der Waals surface area contributed by atoms with Crippen molar-refractivity contribution >= 4 is 11.6 Å². The number of carbonyl (C=O) groups excluding carboxylic acids is 2. The number of hydrogen-bond donors (Lipinski definition) is 0. The molecule has 0 unspecified atom stereocenters. The van der Waals surface area contributed by atoms with Crippen molar-refractivity contribution in [3.05, 3.63) is 23.8 Å². The summed E-state index contributed by atoms with van der Waals surface area (Å²) in [4.78, 5) is 24.1. The molecule has 3 saturated carbocycles. The van der Waals surface area contributed by atoms with Crippen molar-refractivity contribution in [2.75, 3.05) is 0 Å². The number of hydrogen-bond acceptors (Lipinski definition) is 2. The minimum atomic E-state index is 0.0475. The van der Waals surface area contributed by atoms with Crippen molar-refractivity contribution in [1.29, 1.82) is 0 Å². The van der Waals surface area contributed by atoms with Gasteiger partial charge in [0.1, 0.15) is 5.78 Å². The Kier molecular flexibility index (Phi) is 3.50. The summed E-state index contributed by atoms with van der Waals surface area (Å²) in [6.45, 7) is 8.85. The van der Waals surface area contributed by atoms with Crippen LogP contribution in [0.15, 0.2) is 23.8 Å². The molecule has 0 heterocycles. The Morgan fingerprint density at radius 1 is 1.17 bits per heavy atom. The molecule has 0 radical (unpaired) electrons. The van der Waals surface area contributed by atoms with E-state index in [1.54, 1.807) is 13.0 Å². The van der Waals surface area contributed by atoms with Crippen molar-refractivity contribution in [2.45, 2.75) is 59.8 Å². The molecule has 130 valence electrons. The lowest BCUT2D eigenvalue weighted by Gasteiger charge is -2.58. The van der Waals surface area contributed by atoms with Gasteiger partial charge in [0.05, 0.1) is 0 Å². The van der Waals surface area contributed by atoms with Gasteiger partial charge >= 0.3 is 0 Å². The molecule has 2 heteroatoms. The maximum absolute atomic E-state index is 12.2. The van der Waals surface area contributed by atoms with Crippen LogP contribution in [-0.4, -0.2) is 11.6 Å². The van der Waals surface area contributed by atoms with Crippen LogP contribution in [0.5, 0.6) is 0 Å². The third-order valence-electron chi connectivity index (χ3n) is 8.37. The standard InChI is InChI=1S/C22H30O2/c1-13-11-16-18-6-5-17(14(2)23)21(18,3)10-8-19(16)22(4)9-7-15(24)12-20(13)22/h7,9,12-13,16-19H,5-6,8,10-11H2,1-4H3/t13-,16+,17-,18+,19+,21-,22-/m1/s1. The molecule has 0 N–H and O–H groups in total. The number of fused-ring (bicyclic) bond motifs is 5. The highest BCUT2D eigenvalue weighted by Gasteiger charge is 2.60. The van der Waals surface area contributed by atoms with Crippen LogP contribution in [0.3, 0.4) is 0 Å². The van der Waals surface area contributed by atoms with Crippen LogP contribution in [0.1, 0.15) is 59.8 Å². The number of allylic oxidation sites excluding steroid dienone is 4. The Hall–Kier alpha value is -1.18. The molecule has 0 aliphatic heterocycles. The Balaban J connectivity index is 1.72. The predicted molar refractivity (Wildman–Crippen MR) is 95.3 cm³/mol. The first-order valence-corrected chi connectivity index (χ1v) is 9.73. The first-order chi connectivity index (χ1) is 11.3. The van der Waals surface area contributed by atoms with Crippen LogP contribution in [0.25, 0.3) is 0 Å². The first-order valence-electron chi connectivity index (χ1n) is 9.73. The van der Waals surface area contributed by atoms with Crippen LogP contribution in [0, 0.1) is 40.4 Å². The van der Waals surface area contributed by atoms with E-state index in [1.165, 1.54) is 31.3 Å². The van der Waals surface area contributed by atoms with Gasteiger partial charge in [-0.3, -0.25) is 9.59 Å². The van der Waals surface area contributed by atoms with Gasteiger partial charge in [0.2, 0.25) is 0 Å². The molecule has 0 aromatic carbocycles. The van der Waals surface area contributed by atoms with Crippen LogP contribution in [0.2, 0.25) is 0 Å². The van der Waals surface area contributed by atoms with Crippen LogP contribution in [-0.2, 0) is 9.59 Å². The fourth-order valence-electron chi connectivity index (χ4n) is 7.28. The smallest absolute Gasteiger partial charge is 0.178 e. The second kappa shape index (κ2) is 5.16. The second-order valence-electron chi connectivity index (χ2n) is 9.42. The minimum absolute atomic E-state index is 0.0475. The van der Waals surface area contributed by atoms with Gasteiger partial charge in [-0.15, -0.1) is 0 Å². The number of ketones is 2. The molecule has 2 nitrogen and oxygen atoms in total. The third-order valence-corrected chi connectivity index (χ3v) is 8.37. The van der Waals surface area contributed by atoms with Gasteiger partial charge in [-0.25, -0.2) is 0 Å². The highest BCUT2D eigenvalue weighted by Crippen LogP contribution is 2.66. The van der Waals surface area contributed by atoms with Gasteiger partial charge in [-0.05, 0) is 80.3 Å². The molecule has 0 aromatic rings. The SMILES string of the molecule is CC(=O)[C@H]1CC[C@H]2[C@@H]3C[C@@H](C)C4=CC(=O)C=C[C@]4(C)[C@H]3CC[C@]12C. The lowest BCUT2D eigenvalue weighted by Crippen LogP contribution is -2.51. The van der Waals surface area contributed by atoms with Crippen molar-refractivity contribution in [3.63, 3.8) is 0 Å². The van der Waals surface area contributed by atoms with Crippen LogP contribution >= 0.6 is 0 Å². The van der Waals surface area contributed by atoms with Gasteiger partial charge < -0.3 is 0 Å². The molecule has 4 aliphatic rings. The first kappa shape index (κ1) is 16.3. The van der Waals surface area contributed by atoms with E-state index in [2.05, 4.69) is 26.8 Å². The van der Waals surface area contributed by atoms with Crippen LogP contribution < -0.4 is 0 Å². The Bertz CT molecular complexity index is 657. The van der Waals surface area contributed by atoms with E-state index in [9.17, 15) is 9.59 Å². The summed E-state index contributed by atoms with van der Waals surface area (Å²) in [7, 11) is 0. The monoisotopic (exact) mass is 326 g/mol. The van der Waals surface area contributed by atoms with Gasteiger partial charge in [-0.1, -0.05) is 32.4 Å². The number of rotatable bonds is 1. The molecule has 7 atom stereocenters. The second-order valence-corrected chi connectivity index (χ2v) is 9.42. The zero-order valence-electron chi connectivity index (χ0n) is 15.5. The van der Waals surface area contributed by atoms with Crippen LogP contribution in [0.4, 0.5) is 0 Å². The zero-order chi connectivity index (χ0) is 17.3. The van der Waals surface area contributed by atoms with E-state index < -0.39 is 0 Å². The molecular formula is C22H30O2. The molecule has 3 fully saturated rings. The summed E-state index contributed by atoms with van der Waals surface area (Å²) < 4.78 is 0. The Morgan fingerprint density at radius 2 is 1.92 bits per heavy atom. The van der Waals surface area contributed by atoms with E-state index in [4.69, 9.17) is 0 Å². The minimum Gasteiger partial charge on any atom is -0.300 e. The number of Topliss-reactive ketones (excluding diaryl/α,β-unsaturated/α-hetero) is 1. The van der Waals surface area contributed by atoms with Gasteiger partial charge in [0.15, 0.2) is 5.78 Å². The quantitative estimate of drug-likeness (QED) is 0.697. The molecule has 4 rings (SSSR count). The zero-order valence-corrected chi connectivity index (χ0v) is 15.5. The van der Waals surface area contributed by atoms with Crippen molar-refractivity contribution < 1.29 is 9.59 Å². The highest BCUT2D eigenvalue weighted by molar-refractivity contribution is 6.01. The van der Waals surface area contributed by atoms with E-state index in [0.717, 1.165) is 6.42 Å². The molecule has 0 spiro atoms. The Labute approximate surface area is 145 Å². The van der Waals surface area contributed by atoms with Gasteiger partial charge in [0.25, 0.3) is 0 Å². The highest BCUT2D eigenvalue weighted by atomic mass is 16.1. The summed E-state index contributed by atoms with van der Waals surface area (Å²) in [5.41, 5.74) is 1.62.